The number of rotatable bonds is 5. The third-order valence-corrected chi connectivity index (χ3v) is 1.94. The van der Waals surface area contributed by atoms with Crippen LogP contribution in [0.4, 0.5) is 5.82 Å². The normalized spacial score (nSPS) is 12.5. The Balaban J connectivity index is 2.36. The van der Waals surface area contributed by atoms with E-state index in [1.54, 1.807) is 13.0 Å². The Morgan fingerprint density at radius 2 is 2.40 bits per heavy atom. The van der Waals surface area contributed by atoms with Gasteiger partial charge in [0.2, 0.25) is 5.91 Å². The number of nitrogens with zero attached hydrogens (tertiary/aromatic N) is 1. The van der Waals surface area contributed by atoms with Crippen molar-refractivity contribution in [3.8, 4) is 0 Å². The van der Waals surface area contributed by atoms with Gasteiger partial charge in [-0.3, -0.25) is 4.79 Å². The smallest absolute Gasteiger partial charge is 0.227 e. The van der Waals surface area contributed by atoms with Crippen LogP contribution >= 0.6 is 0 Å². The number of hydrogen-bond acceptors (Lipinski definition) is 4. The number of aryl methyl sites for hydroxylation is 1. The van der Waals surface area contributed by atoms with Gasteiger partial charge in [-0.2, -0.15) is 0 Å². The highest BCUT2D eigenvalue weighted by molar-refractivity contribution is 5.90. The highest BCUT2D eigenvalue weighted by Gasteiger charge is 2.09. The largest absolute Gasteiger partial charge is 0.360 e. The molecular weight excluding hydrogens is 194 g/mol. The van der Waals surface area contributed by atoms with Gasteiger partial charge < -0.3 is 15.2 Å². The fraction of sp³-hybridized carbons (Fsp3) is 0.600. The highest BCUT2D eigenvalue weighted by atomic mass is 16.5. The van der Waals surface area contributed by atoms with E-state index in [2.05, 4.69) is 15.8 Å². The quantitative estimate of drug-likeness (QED) is 0.770. The molecule has 0 saturated heterocycles. The second-order valence-electron chi connectivity index (χ2n) is 3.53. The van der Waals surface area contributed by atoms with Crippen LogP contribution in [0.15, 0.2) is 10.6 Å². The molecule has 84 valence electrons. The molecular formula is C10H17N3O2. The van der Waals surface area contributed by atoms with Gasteiger partial charge in [-0.05, 0) is 20.4 Å². The summed E-state index contributed by atoms with van der Waals surface area (Å²) in [6.45, 7) is 6.62. The molecule has 1 amide bonds. The van der Waals surface area contributed by atoms with Crippen LogP contribution in [0.2, 0.25) is 0 Å². The lowest BCUT2D eigenvalue weighted by Crippen LogP contribution is -2.30. The molecule has 1 heterocycles. The van der Waals surface area contributed by atoms with Crippen molar-refractivity contribution in [1.29, 1.82) is 0 Å². The Bertz CT molecular complexity index is 322. The van der Waals surface area contributed by atoms with Crippen molar-refractivity contribution in [1.82, 2.24) is 10.5 Å². The Morgan fingerprint density at radius 1 is 1.67 bits per heavy atom. The number of aromatic nitrogens is 1. The fourth-order valence-corrected chi connectivity index (χ4v) is 1.32. The van der Waals surface area contributed by atoms with Crippen LogP contribution in [0, 0.1) is 6.92 Å². The summed E-state index contributed by atoms with van der Waals surface area (Å²) in [5, 5.41) is 9.51. The van der Waals surface area contributed by atoms with E-state index in [0.29, 0.717) is 18.0 Å². The van der Waals surface area contributed by atoms with E-state index in [9.17, 15) is 4.79 Å². The summed E-state index contributed by atoms with van der Waals surface area (Å²) >= 11 is 0. The number of amides is 1. The van der Waals surface area contributed by atoms with Crippen LogP contribution in [0.5, 0.6) is 0 Å². The zero-order chi connectivity index (χ0) is 11.3. The number of anilines is 1. The van der Waals surface area contributed by atoms with Crippen molar-refractivity contribution >= 4 is 11.7 Å². The minimum atomic E-state index is -0.0586. The summed E-state index contributed by atoms with van der Waals surface area (Å²) in [6, 6.07) is 1.86. The minimum Gasteiger partial charge on any atom is -0.360 e. The second-order valence-corrected chi connectivity index (χ2v) is 3.53. The maximum Gasteiger partial charge on any atom is 0.227 e. The molecule has 2 N–H and O–H groups in total. The van der Waals surface area contributed by atoms with E-state index in [0.717, 1.165) is 6.54 Å². The first-order chi connectivity index (χ1) is 7.11. The van der Waals surface area contributed by atoms with Crippen molar-refractivity contribution in [2.24, 2.45) is 0 Å². The van der Waals surface area contributed by atoms with E-state index in [4.69, 9.17) is 4.52 Å². The van der Waals surface area contributed by atoms with Gasteiger partial charge in [0.15, 0.2) is 5.82 Å². The molecule has 0 bridgehead atoms. The lowest BCUT2D eigenvalue weighted by molar-refractivity contribution is -0.116. The average Bonchev–Trinajstić information content (AvgIpc) is 2.51. The maximum atomic E-state index is 11.5. The zero-order valence-corrected chi connectivity index (χ0v) is 9.33. The molecule has 0 aliphatic heterocycles. The summed E-state index contributed by atoms with van der Waals surface area (Å²) in [4.78, 5) is 11.5. The third kappa shape index (κ3) is 4.12. The van der Waals surface area contributed by atoms with Crippen molar-refractivity contribution in [3.63, 3.8) is 0 Å². The Kier molecular flexibility index (Phi) is 4.30. The van der Waals surface area contributed by atoms with Crippen molar-refractivity contribution in [3.05, 3.63) is 11.8 Å². The van der Waals surface area contributed by atoms with Gasteiger partial charge in [0.1, 0.15) is 5.76 Å². The second kappa shape index (κ2) is 5.50. The molecule has 1 aromatic heterocycles. The van der Waals surface area contributed by atoms with Gasteiger partial charge in [0.05, 0.1) is 0 Å². The fourth-order valence-electron chi connectivity index (χ4n) is 1.32. The van der Waals surface area contributed by atoms with Crippen molar-refractivity contribution in [2.75, 3.05) is 11.9 Å². The van der Waals surface area contributed by atoms with E-state index >= 15 is 0 Å². The predicted octanol–water partition coefficient (Wildman–Crippen LogP) is 1.31. The van der Waals surface area contributed by atoms with Crippen molar-refractivity contribution in [2.45, 2.75) is 33.2 Å². The molecule has 1 atom stereocenters. The molecule has 0 aliphatic rings. The first-order valence-electron chi connectivity index (χ1n) is 5.08. The number of carbonyl (C=O) groups excluding carboxylic acids is 1. The summed E-state index contributed by atoms with van der Waals surface area (Å²) in [5.41, 5.74) is 0. The van der Waals surface area contributed by atoms with Crippen LogP contribution in [0.3, 0.4) is 0 Å². The van der Waals surface area contributed by atoms with E-state index in [1.165, 1.54) is 0 Å². The minimum absolute atomic E-state index is 0.0586. The van der Waals surface area contributed by atoms with Gasteiger partial charge >= 0.3 is 0 Å². The molecule has 15 heavy (non-hydrogen) atoms. The topological polar surface area (TPSA) is 67.2 Å². The molecule has 0 spiro atoms. The van der Waals surface area contributed by atoms with Gasteiger partial charge in [-0.1, -0.05) is 12.1 Å². The number of hydrogen-bond donors (Lipinski definition) is 2. The zero-order valence-electron chi connectivity index (χ0n) is 9.33. The predicted molar refractivity (Wildman–Crippen MR) is 57.6 cm³/mol. The molecule has 0 aliphatic carbocycles. The molecule has 0 aromatic carbocycles. The molecule has 1 unspecified atom stereocenters. The third-order valence-electron chi connectivity index (χ3n) is 1.94. The number of carbonyl (C=O) groups is 1. The average molecular weight is 211 g/mol. The standard InChI is InChI=1S/C10H17N3O2/c1-4-11-7(2)5-10(14)12-9-6-8(3)15-13-9/h6-7,11H,4-5H2,1-3H3,(H,12,13,14). The van der Waals surface area contributed by atoms with Gasteiger partial charge in [-0.15, -0.1) is 0 Å². The van der Waals surface area contributed by atoms with Crippen LogP contribution in [0.25, 0.3) is 0 Å². The Hall–Kier alpha value is -1.36. The first kappa shape index (κ1) is 11.7. The first-order valence-corrected chi connectivity index (χ1v) is 5.08. The SMILES string of the molecule is CCNC(C)CC(=O)Nc1cc(C)on1. The van der Waals surface area contributed by atoms with Gasteiger partial charge in [0, 0.05) is 18.5 Å². The van der Waals surface area contributed by atoms with Gasteiger partial charge in [-0.25, -0.2) is 0 Å². The van der Waals surface area contributed by atoms with E-state index in [1.807, 2.05) is 13.8 Å². The maximum absolute atomic E-state index is 11.5. The summed E-state index contributed by atoms with van der Waals surface area (Å²) in [7, 11) is 0. The van der Waals surface area contributed by atoms with Crippen LogP contribution < -0.4 is 10.6 Å². The molecule has 1 rings (SSSR count). The van der Waals surface area contributed by atoms with Crippen LogP contribution in [0.1, 0.15) is 26.0 Å². The van der Waals surface area contributed by atoms with E-state index < -0.39 is 0 Å². The van der Waals surface area contributed by atoms with Gasteiger partial charge in [0.25, 0.3) is 0 Å². The molecule has 0 fully saturated rings. The molecule has 5 nitrogen and oxygen atoms in total. The van der Waals surface area contributed by atoms with Crippen LogP contribution in [-0.2, 0) is 4.79 Å². The number of nitrogens with one attached hydrogen (secondary N) is 2. The van der Waals surface area contributed by atoms with Crippen LogP contribution in [-0.4, -0.2) is 23.7 Å². The molecule has 5 heteroatoms. The summed E-state index contributed by atoms with van der Waals surface area (Å²) in [5.74, 6) is 1.10. The lowest BCUT2D eigenvalue weighted by atomic mass is 10.2. The van der Waals surface area contributed by atoms with E-state index in [-0.39, 0.29) is 11.9 Å². The van der Waals surface area contributed by atoms with Crippen molar-refractivity contribution < 1.29 is 9.32 Å². The lowest BCUT2D eigenvalue weighted by Gasteiger charge is -2.10. The molecule has 0 saturated carbocycles. The molecule has 0 radical (unpaired) electrons. The highest BCUT2D eigenvalue weighted by Crippen LogP contribution is 2.07. The Labute approximate surface area is 89.2 Å². The molecule has 1 aromatic rings. The monoisotopic (exact) mass is 211 g/mol. The summed E-state index contributed by atoms with van der Waals surface area (Å²) in [6.07, 6.45) is 0.430. The summed E-state index contributed by atoms with van der Waals surface area (Å²) < 4.78 is 4.84. The Morgan fingerprint density at radius 3 is 2.93 bits per heavy atom.